The Hall–Kier alpha value is -3.56. The molecule has 0 fully saturated rings. The first-order valence-electron chi connectivity index (χ1n) is 10.1. The third kappa shape index (κ3) is 5.82. The number of hydrogen-bond acceptors (Lipinski definition) is 5. The minimum absolute atomic E-state index is 0.106. The van der Waals surface area contributed by atoms with Gasteiger partial charge >= 0.3 is 5.97 Å². The highest BCUT2D eigenvalue weighted by Crippen LogP contribution is 2.24. The standard InChI is InChI=1S/C24H23FN2O5S/c1-3-13-26-33(30,31)22-14-18(11-12-21(22)25)24(29)32-15-23(28)27-16(2)19-10-6-8-17-7-4-5-9-20(17)19/h3-12,14,16,26H,1,13,15H2,2H3,(H,27,28). The van der Waals surface area contributed by atoms with E-state index in [1.165, 1.54) is 6.08 Å². The zero-order chi connectivity index (χ0) is 24.0. The van der Waals surface area contributed by atoms with Crippen LogP contribution in [0.5, 0.6) is 0 Å². The second-order valence-corrected chi connectivity index (χ2v) is 8.95. The predicted octanol–water partition coefficient (Wildman–Crippen LogP) is 3.48. The lowest BCUT2D eigenvalue weighted by atomic mass is 10.00. The molecule has 0 heterocycles. The molecular formula is C24H23FN2O5S. The van der Waals surface area contributed by atoms with Crippen LogP contribution in [-0.2, 0) is 19.6 Å². The molecule has 9 heteroatoms. The van der Waals surface area contributed by atoms with Gasteiger partial charge in [0.05, 0.1) is 11.6 Å². The quantitative estimate of drug-likeness (QED) is 0.368. The maximum atomic E-state index is 14.0. The topological polar surface area (TPSA) is 102 Å². The minimum Gasteiger partial charge on any atom is -0.452 e. The summed E-state index contributed by atoms with van der Waals surface area (Å²) in [5.74, 6) is -2.51. The van der Waals surface area contributed by atoms with Crippen molar-refractivity contribution in [2.45, 2.75) is 17.9 Å². The van der Waals surface area contributed by atoms with E-state index in [0.29, 0.717) is 0 Å². The van der Waals surface area contributed by atoms with E-state index in [1.807, 2.05) is 49.4 Å². The van der Waals surface area contributed by atoms with Crippen LogP contribution in [0.1, 0.15) is 28.9 Å². The van der Waals surface area contributed by atoms with Gasteiger partial charge in [0, 0.05) is 6.54 Å². The number of carbonyl (C=O) groups excluding carboxylic acids is 2. The molecule has 3 rings (SSSR count). The summed E-state index contributed by atoms with van der Waals surface area (Å²) < 4.78 is 45.5. The SMILES string of the molecule is C=CCNS(=O)(=O)c1cc(C(=O)OCC(=O)NC(C)c2cccc3ccccc23)ccc1F. The number of ether oxygens (including phenoxy) is 1. The fourth-order valence-corrected chi connectivity index (χ4v) is 4.39. The van der Waals surface area contributed by atoms with Crippen LogP contribution in [0.3, 0.4) is 0 Å². The molecule has 0 aromatic heterocycles. The van der Waals surface area contributed by atoms with Gasteiger partial charge in [0.1, 0.15) is 10.7 Å². The molecule has 2 N–H and O–H groups in total. The number of fused-ring (bicyclic) bond motifs is 1. The third-order valence-electron chi connectivity index (χ3n) is 4.88. The molecule has 0 saturated carbocycles. The number of amides is 1. The first kappa shape index (κ1) is 24.1. The largest absolute Gasteiger partial charge is 0.452 e. The second-order valence-electron chi connectivity index (χ2n) is 7.22. The second kappa shape index (κ2) is 10.4. The molecule has 3 aromatic rings. The molecule has 33 heavy (non-hydrogen) atoms. The smallest absolute Gasteiger partial charge is 0.338 e. The number of benzene rings is 3. The maximum Gasteiger partial charge on any atom is 0.338 e. The average Bonchev–Trinajstić information content (AvgIpc) is 2.81. The van der Waals surface area contributed by atoms with E-state index in [1.54, 1.807) is 0 Å². The molecule has 0 aliphatic carbocycles. The fraction of sp³-hybridized carbons (Fsp3) is 0.167. The number of esters is 1. The van der Waals surface area contributed by atoms with Gasteiger partial charge in [-0.25, -0.2) is 22.3 Å². The van der Waals surface area contributed by atoms with Gasteiger partial charge in [0.15, 0.2) is 6.61 Å². The summed E-state index contributed by atoms with van der Waals surface area (Å²) in [6.07, 6.45) is 1.30. The number of nitrogens with one attached hydrogen (secondary N) is 2. The first-order valence-corrected chi connectivity index (χ1v) is 11.6. The van der Waals surface area contributed by atoms with E-state index in [4.69, 9.17) is 4.74 Å². The van der Waals surface area contributed by atoms with Gasteiger partial charge in [-0.15, -0.1) is 6.58 Å². The molecule has 7 nitrogen and oxygen atoms in total. The summed E-state index contributed by atoms with van der Waals surface area (Å²) in [7, 11) is -4.19. The van der Waals surface area contributed by atoms with Crippen LogP contribution in [0.4, 0.5) is 4.39 Å². The van der Waals surface area contributed by atoms with Gasteiger partial charge in [0.25, 0.3) is 5.91 Å². The van der Waals surface area contributed by atoms with Crippen molar-refractivity contribution in [3.63, 3.8) is 0 Å². The Bertz CT molecular complexity index is 1300. The Morgan fingerprint density at radius 2 is 1.85 bits per heavy atom. The molecular weight excluding hydrogens is 447 g/mol. The van der Waals surface area contributed by atoms with Gasteiger partial charge in [-0.2, -0.15) is 0 Å². The Balaban J connectivity index is 1.65. The van der Waals surface area contributed by atoms with Crippen molar-refractivity contribution in [3.05, 3.63) is 90.3 Å². The molecule has 3 aromatic carbocycles. The Kier molecular flexibility index (Phi) is 7.57. The number of rotatable bonds is 9. The molecule has 1 unspecified atom stereocenters. The summed E-state index contributed by atoms with van der Waals surface area (Å²) in [5.41, 5.74) is 0.707. The van der Waals surface area contributed by atoms with E-state index >= 15 is 0 Å². The predicted molar refractivity (Wildman–Crippen MR) is 123 cm³/mol. The van der Waals surface area contributed by atoms with Crippen LogP contribution in [-0.4, -0.2) is 33.4 Å². The Labute approximate surface area is 191 Å². The van der Waals surface area contributed by atoms with E-state index in [2.05, 4.69) is 16.6 Å². The fourth-order valence-electron chi connectivity index (χ4n) is 3.29. The highest BCUT2D eigenvalue weighted by atomic mass is 32.2. The lowest BCUT2D eigenvalue weighted by Gasteiger charge is -2.16. The summed E-state index contributed by atoms with van der Waals surface area (Å²) in [4.78, 5) is 24.0. The van der Waals surface area contributed by atoms with E-state index in [-0.39, 0.29) is 18.2 Å². The van der Waals surface area contributed by atoms with E-state index in [9.17, 15) is 22.4 Å². The number of carbonyl (C=O) groups is 2. The normalized spacial score (nSPS) is 12.2. The Morgan fingerprint density at radius 3 is 2.61 bits per heavy atom. The average molecular weight is 471 g/mol. The summed E-state index contributed by atoms with van der Waals surface area (Å²) in [6.45, 7) is 4.52. The first-order chi connectivity index (χ1) is 15.7. The van der Waals surface area contributed by atoms with Gasteiger partial charge in [0.2, 0.25) is 10.0 Å². The molecule has 0 radical (unpaired) electrons. The molecule has 1 atom stereocenters. The molecule has 0 aliphatic rings. The van der Waals surface area contributed by atoms with Crippen LogP contribution in [0.15, 0.2) is 78.2 Å². The monoisotopic (exact) mass is 470 g/mol. The highest BCUT2D eigenvalue weighted by Gasteiger charge is 2.22. The molecule has 0 saturated heterocycles. The molecule has 0 aliphatic heterocycles. The minimum atomic E-state index is -4.19. The molecule has 1 amide bonds. The number of halogens is 1. The van der Waals surface area contributed by atoms with Crippen molar-refractivity contribution in [1.82, 2.24) is 10.0 Å². The highest BCUT2D eigenvalue weighted by molar-refractivity contribution is 7.89. The summed E-state index contributed by atoms with van der Waals surface area (Å²) in [5, 5.41) is 4.80. The van der Waals surface area contributed by atoms with Crippen molar-refractivity contribution in [1.29, 1.82) is 0 Å². The molecule has 0 spiro atoms. The zero-order valence-corrected chi connectivity index (χ0v) is 18.7. The number of hydrogen-bond donors (Lipinski definition) is 2. The van der Waals surface area contributed by atoms with Gasteiger partial charge in [-0.1, -0.05) is 48.5 Å². The van der Waals surface area contributed by atoms with Gasteiger partial charge < -0.3 is 10.1 Å². The van der Waals surface area contributed by atoms with Crippen LogP contribution in [0.2, 0.25) is 0 Å². The third-order valence-corrected chi connectivity index (χ3v) is 6.31. The van der Waals surface area contributed by atoms with Crippen molar-refractivity contribution < 1.29 is 27.1 Å². The summed E-state index contributed by atoms with van der Waals surface area (Å²) >= 11 is 0. The van der Waals surface area contributed by atoms with E-state index in [0.717, 1.165) is 34.5 Å². The van der Waals surface area contributed by atoms with Crippen molar-refractivity contribution in [2.24, 2.45) is 0 Å². The maximum absolute atomic E-state index is 14.0. The molecule has 172 valence electrons. The summed E-state index contributed by atoms with van der Waals surface area (Å²) in [6, 6.07) is 16.0. The molecule has 0 bridgehead atoms. The van der Waals surface area contributed by atoms with Crippen LogP contribution in [0.25, 0.3) is 10.8 Å². The van der Waals surface area contributed by atoms with E-state index < -0.39 is 39.2 Å². The lowest BCUT2D eigenvalue weighted by Crippen LogP contribution is -2.31. The zero-order valence-electron chi connectivity index (χ0n) is 17.9. The van der Waals surface area contributed by atoms with Crippen LogP contribution >= 0.6 is 0 Å². The van der Waals surface area contributed by atoms with Crippen molar-refractivity contribution in [2.75, 3.05) is 13.2 Å². The Morgan fingerprint density at radius 1 is 1.12 bits per heavy atom. The van der Waals surface area contributed by atoms with Gasteiger partial charge in [-0.05, 0) is 41.5 Å². The van der Waals surface area contributed by atoms with Crippen molar-refractivity contribution in [3.8, 4) is 0 Å². The lowest BCUT2D eigenvalue weighted by molar-refractivity contribution is -0.124. The van der Waals surface area contributed by atoms with Gasteiger partial charge in [-0.3, -0.25) is 4.79 Å². The van der Waals surface area contributed by atoms with Crippen molar-refractivity contribution >= 4 is 32.7 Å². The van der Waals surface area contributed by atoms with Crippen LogP contribution < -0.4 is 10.0 Å². The number of sulfonamides is 1. The van der Waals surface area contributed by atoms with Crippen LogP contribution in [0, 0.1) is 5.82 Å².